The van der Waals surface area contributed by atoms with Gasteiger partial charge in [0.15, 0.2) is 11.5 Å². The lowest BCUT2D eigenvalue weighted by Gasteiger charge is -2.26. The van der Waals surface area contributed by atoms with E-state index in [0.29, 0.717) is 28.7 Å². The minimum Gasteiger partial charge on any atom is -0.493 e. The van der Waals surface area contributed by atoms with Gasteiger partial charge in [-0.3, -0.25) is 9.69 Å². The minimum absolute atomic E-state index is 0.210. The molecule has 33 heavy (non-hydrogen) atoms. The molecule has 7 heteroatoms. The normalized spacial score (nSPS) is 14.0. The highest BCUT2D eigenvalue weighted by Crippen LogP contribution is 2.29. The van der Waals surface area contributed by atoms with E-state index in [9.17, 15) is 4.79 Å². The fraction of sp³-hybridized carbons (Fsp3) is 0.269. The van der Waals surface area contributed by atoms with E-state index in [1.807, 2.05) is 48.5 Å². The van der Waals surface area contributed by atoms with Gasteiger partial charge in [-0.2, -0.15) is 0 Å². The summed E-state index contributed by atoms with van der Waals surface area (Å²) in [6.07, 6.45) is 0. The van der Waals surface area contributed by atoms with Crippen LogP contribution in [0.15, 0.2) is 66.7 Å². The van der Waals surface area contributed by atoms with Gasteiger partial charge >= 0.3 is 0 Å². The summed E-state index contributed by atoms with van der Waals surface area (Å²) in [5.41, 5.74) is 3.43. The van der Waals surface area contributed by atoms with Crippen molar-refractivity contribution in [3.8, 4) is 11.5 Å². The Labute approximate surface area is 199 Å². The number of methoxy groups -OCH3 is 1. The van der Waals surface area contributed by atoms with Crippen molar-refractivity contribution in [2.75, 3.05) is 38.7 Å². The van der Waals surface area contributed by atoms with Crippen LogP contribution in [0, 0.1) is 0 Å². The van der Waals surface area contributed by atoms with Crippen molar-refractivity contribution in [3.63, 3.8) is 0 Å². The predicted molar refractivity (Wildman–Crippen MR) is 129 cm³/mol. The van der Waals surface area contributed by atoms with E-state index in [0.717, 1.165) is 44.1 Å². The number of amides is 1. The second-order valence-corrected chi connectivity index (χ2v) is 8.26. The molecule has 3 aromatic rings. The van der Waals surface area contributed by atoms with Crippen LogP contribution in [0.1, 0.15) is 21.5 Å². The summed E-state index contributed by atoms with van der Waals surface area (Å²) in [7, 11) is 1.55. The summed E-state index contributed by atoms with van der Waals surface area (Å²) in [6.45, 7) is 4.70. The maximum Gasteiger partial charge on any atom is 0.255 e. The van der Waals surface area contributed by atoms with Crippen LogP contribution in [0.4, 0.5) is 5.69 Å². The van der Waals surface area contributed by atoms with Crippen molar-refractivity contribution in [2.45, 2.75) is 13.2 Å². The molecule has 0 unspecified atom stereocenters. The van der Waals surface area contributed by atoms with E-state index in [2.05, 4.69) is 10.2 Å². The zero-order chi connectivity index (χ0) is 23.0. The number of carbonyl (C=O) groups is 1. The van der Waals surface area contributed by atoms with Gasteiger partial charge in [-0.1, -0.05) is 35.9 Å². The van der Waals surface area contributed by atoms with Crippen LogP contribution in [-0.4, -0.2) is 44.2 Å². The SMILES string of the molecule is COc1cc(C(=O)Nc2ccc(CN3CCOCC3)cc2)ccc1OCc1ccc(Cl)cc1. The first-order chi connectivity index (χ1) is 16.1. The second-order valence-electron chi connectivity index (χ2n) is 7.82. The molecule has 4 rings (SSSR count). The zero-order valence-corrected chi connectivity index (χ0v) is 19.3. The molecule has 3 aromatic carbocycles. The van der Waals surface area contributed by atoms with Crippen LogP contribution >= 0.6 is 11.6 Å². The van der Waals surface area contributed by atoms with Crippen LogP contribution in [-0.2, 0) is 17.9 Å². The van der Waals surface area contributed by atoms with Gasteiger partial charge in [-0.15, -0.1) is 0 Å². The molecule has 0 bridgehead atoms. The molecule has 0 saturated carbocycles. The Kier molecular flexibility index (Phi) is 7.83. The fourth-order valence-corrected chi connectivity index (χ4v) is 3.71. The molecule has 0 aliphatic carbocycles. The number of ether oxygens (including phenoxy) is 3. The van der Waals surface area contributed by atoms with Crippen LogP contribution < -0.4 is 14.8 Å². The summed E-state index contributed by atoms with van der Waals surface area (Å²) >= 11 is 5.92. The summed E-state index contributed by atoms with van der Waals surface area (Å²) < 4.78 is 16.7. The average Bonchev–Trinajstić information content (AvgIpc) is 2.85. The van der Waals surface area contributed by atoms with Gasteiger partial charge in [0.05, 0.1) is 20.3 Å². The molecule has 1 aliphatic rings. The van der Waals surface area contributed by atoms with Gasteiger partial charge in [0, 0.05) is 35.9 Å². The Bertz CT molecular complexity index is 1060. The molecule has 1 heterocycles. The Hall–Kier alpha value is -3.06. The summed E-state index contributed by atoms with van der Waals surface area (Å²) in [5.74, 6) is 0.854. The Balaban J connectivity index is 1.35. The van der Waals surface area contributed by atoms with E-state index in [-0.39, 0.29) is 5.91 Å². The van der Waals surface area contributed by atoms with E-state index < -0.39 is 0 Å². The van der Waals surface area contributed by atoms with Gasteiger partial charge in [0.25, 0.3) is 5.91 Å². The number of hydrogen-bond donors (Lipinski definition) is 1. The summed E-state index contributed by atoms with van der Waals surface area (Å²) in [4.78, 5) is 15.1. The van der Waals surface area contributed by atoms with Crippen LogP contribution in [0.2, 0.25) is 5.02 Å². The van der Waals surface area contributed by atoms with Crippen molar-refractivity contribution < 1.29 is 19.0 Å². The topological polar surface area (TPSA) is 60.0 Å². The number of nitrogens with zero attached hydrogens (tertiary/aromatic N) is 1. The summed E-state index contributed by atoms with van der Waals surface area (Å²) in [5, 5.41) is 3.62. The maximum atomic E-state index is 12.8. The lowest BCUT2D eigenvalue weighted by molar-refractivity contribution is 0.0342. The first-order valence-corrected chi connectivity index (χ1v) is 11.2. The minimum atomic E-state index is -0.210. The Morgan fingerprint density at radius 3 is 2.36 bits per heavy atom. The number of halogens is 1. The Morgan fingerprint density at radius 2 is 1.67 bits per heavy atom. The predicted octanol–water partition coefficient (Wildman–Crippen LogP) is 5.01. The monoisotopic (exact) mass is 466 g/mol. The highest BCUT2D eigenvalue weighted by atomic mass is 35.5. The zero-order valence-electron chi connectivity index (χ0n) is 18.6. The molecular formula is C26H27ClN2O4. The fourth-order valence-electron chi connectivity index (χ4n) is 3.58. The first-order valence-electron chi connectivity index (χ1n) is 10.9. The van der Waals surface area contributed by atoms with Crippen molar-refractivity contribution in [1.82, 2.24) is 4.90 Å². The average molecular weight is 467 g/mol. The largest absolute Gasteiger partial charge is 0.493 e. The molecule has 0 aromatic heterocycles. The molecule has 1 fully saturated rings. The number of rotatable bonds is 8. The van der Waals surface area contributed by atoms with Crippen LogP contribution in [0.25, 0.3) is 0 Å². The maximum absolute atomic E-state index is 12.8. The molecule has 6 nitrogen and oxygen atoms in total. The molecule has 1 aliphatic heterocycles. The van der Waals surface area contributed by atoms with Gasteiger partial charge in [0.2, 0.25) is 0 Å². The number of nitrogens with one attached hydrogen (secondary N) is 1. The van der Waals surface area contributed by atoms with Crippen LogP contribution in [0.5, 0.6) is 11.5 Å². The molecule has 1 amide bonds. The highest BCUT2D eigenvalue weighted by molar-refractivity contribution is 6.30. The molecule has 0 atom stereocenters. The number of morpholine rings is 1. The molecule has 1 N–H and O–H groups in total. The highest BCUT2D eigenvalue weighted by Gasteiger charge is 2.13. The van der Waals surface area contributed by atoms with Crippen molar-refractivity contribution in [3.05, 3.63) is 88.4 Å². The molecule has 1 saturated heterocycles. The smallest absolute Gasteiger partial charge is 0.255 e. The third-order valence-electron chi connectivity index (χ3n) is 5.46. The molecule has 0 spiro atoms. The Morgan fingerprint density at radius 1 is 0.970 bits per heavy atom. The quantitative estimate of drug-likeness (QED) is 0.505. The summed E-state index contributed by atoms with van der Waals surface area (Å²) in [6, 6.07) is 20.5. The number of benzene rings is 3. The van der Waals surface area contributed by atoms with E-state index in [1.54, 1.807) is 25.3 Å². The van der Waals surface area contributed by atoms with Crippen molar-refractivity contribution in [1.29, 1.82) is 0 Å². The standard InChI is InChI=1S/C26H27ClN2O4/c1-31-25-16-21(6-11-24(25)33-18-20-2-7-22(27)8-3-20)26(30)28-23-9-4-19(5-10-23)17-29-12-14-32-15-13-29/h2-11,16H,12-15,17-18H2,1H3,(H,28,30). The van der Waals surface area contributed by atoms with Crippen molar-refractivity contribution >= 4 is 23.2 Å². The van der Waals surface area contributed by atoms with Gasteiger partial charge in [0.1, 0.15) is 6.61 Å². The van der Waals surface area contributed by atoms with E-state index in [4.69, 9.17) is 25.8 Å². The number of anilines is 1. The van der Waals surface area contributed by atoms with E-state index >= 15 is 0 Å². The van der Waals surface area contributed by atoms with Crippen molar-refractivity contribution in [2.24, 2.45) is 0 Å². The van der Waals surface area contributed by atoms with Gasteiger partial charge in [-0.05, 0) is 53.6 Å². The number of carbonyl (C=O) groups excluding carboxylic acids is 1. The lowest BCUT2D eigenvalue weighted by atomic mass is 10.1. The second kappa shape index (κ2) is 11.2. The van der Waals surface area contributed by atoms with E-state index in [1.165, 1.54) is 5.56 Å². The first kappa shape index (κ1) is 23.1. The third-order valence-corrected chi connectivity index (χ3v) is 5.71. The molecule has 172 valence electrons. The van der Waals surface area contributed by atoms with Gasteiger partial charge < -0.3 is 19.5 Å². The third kappa shape index (κ3) is 6.48. The van der Waals surface area contributed by atoms with Crippen LogP contribution in [0.3, 0.4) is 0 Å². The number of hydrogen-bond acceptors (Lipinski definition) is 5. The van der Waals surface area contributed by atoms with Gasteiger partial charge in [-0.25, -0.2) is 0 Å². The molecular weight excluding hydrogens is 440 g/mol. The lowest BCUT2D eigenvalue weighted by Crippen LogP contribution is -2.35. The molecule has 0 radical (unpaired) electrons.